The Bertz CT molecular complexity index is 1150. The fraction of sp³-hybridized carbons (Fsp3) is 0.676. The number of oxazole rings is 1. The van der Waals surface area contributed by atoms with Crippen molar-refractivity contribution in [1.29, 1.82) is 0 Å². The predicted molar refractivity (Wildman–Crippen MR) is 155 cm³/mol. The van der Waals surface area contributed by atoms with Gasteiger partial charge in [0.1, 0.15) is 6.26 Å². The van der Waals surface area contributed by atoms with Gasteiger partial charge in [-0.05, 0) is 91.6 Å². The number of fused-ring (bicyclic) bond motifs is 1. The van der Waals surface area contributed by atoms with Crippen molar-refractivity contribution in [1.82, 2.24) is 4.98 Å². The van der Waals surface area contributed by atoms with E-state index in [0.29, 0.717) is 30.6 Å². The first kappa shape index (κ1) is 28.6. The molecular formula is C34H49NO4. The summed E-state index contributed by atoms with van der Waals surface area (Å²) in [7, 11) is 0. The molecule has 0 aliphatic heterocycles. The number of nitrogens with zero attached hydrogens (tertiary/aromatic N) is 1. The zero-order valence-electron chi connectivity index (χ0n) is 24.5. The number of aryl methyl sites for hydroxylation is 1. The van der Waals surface area contributed by atoms with E-state index in [1.54, 1.807) is 6.26 Å². The molecule has 0 saturated heterocycles. The van der Waals surface area contributed by atoms with E-state index in [0.717, 1.165) is 48.9 Å². The Morgan fingerprint density at radius 1 is 1.21 bits per heavy atom. The molecule has 39 heavy (non-hydrogen) atoms. The highest BCUT2D eigenvalue weighted by Crippen LogP contribution is 2.62. The zero-order chi connectivity index (χ0) is 28.0. The second-order valence-electron chi connectivity index (χ2n) is 13.8. The average molecular weight is 536 g/mol. The maximum absolute atomic E-state index is 11.3. The highest BCUT2D eigenvalue weighted by atomic mass is 16.3. The third-order valence-corrected chi connectivity index (χ3v) is 10.7. The van der Waals surface area contributed by atoms with Crippen molar-refractivity contribution in [3.8, 4) is 0 Å². The lowest BCUT2D eigenvalue weighted by molar-refractivity contribution is 0.0705. The van der Waals surface area contributed by atoms with Crippen LogP contribution in [0, 0.1) is 22.7 Å². The Balaban J connectivity index is 1.31. The van der Waals surface area contributed by atoms with Crippen LogP contribution in [0.25, 0.3) is 0 Å². The van der Waals surface area contributed by atoms with Gasteiger partial charge in [0.2, 0.25) is 5.89 Å². The summed E-state index contributed by atoms with van der Waals surface area (Å²) < 4.78 is 5.83. The largest absolute Gasteiger partial charge is 0.448 e. The molecule has 4 saturated carbocycles. The minimum Gasteiger partial charge on any atom is -0.448 e. The summed E-state index contributed by atoms with van der Waals surface area (Å²) in [5.41, 5.74) is 4.02. The molecule has 0 bridgehead atoms. The van der Waals surface area contributed by atoms with Gasteiger partial charge in [-0.3, -0.25) is 0 Å². The number of allylic oxidation sites excluding steroid dienone is 4. The van der Waals surface area contributed by atoms with Gasteiger partial charge in [0.05, 0.1) is 29.4 Å². The van der Waals surface area contributed by atoms with Gasteiger partial charge in [-0.1, -0.05) is 70.6 Å². The number of aliphatic hydroxyl groups is 3. The smallest absolute Gasteiger partial charge is 0.203 e. The second-order valence-corrected chi connectivity index (χ2v) is 13.8. The van der Waals surface area contributed by atoms with Crippen LogP contribution >= 0.6 is 0 Å². The molecule has 3 N–H and O–H groups in total. The van der Waals surface area contributed by atoms with Gasteiger partial charge in [0.25, 0.3) is 0 Å². The Kier molecular flexibility index (Phi) is 7.91. The Labute approximate surface area is 234 Å². The first-order chi connectivity index (χ1) is 18.5. The molecule has 5 rings (SSSR count). The van der Waals surface area contributed by atoms with Gasteiger partial charge < -0.3 is 19.7 Å². The number of aliphatic hydroxyl groups excluding tert-OH is 3. The van der Waals surface area contributed by atoms with Crippen molar-refractivity contribution in [2.45, 2.75) is 122 Å². The Morgan fingerprint density at radius 3 is 2.69 bits per heavy atom. The lowest BCUT2D eigenvalue weighted by Crippen LogP contribution is -2.39. The van der Waals surface area contributed by atoms with Crippen LogP contribution in [0.2, 0.25) is 0 Å². The molecule has 0 unspecified atom stereocenters. The van der Waals surface area contributed by atoms with Gasteiger partial charge in [-0.15, -0.1) is 0 Å². The normalized spacial score (nSPS) is 35.6. The van der Waals surface area contributed by atoms with E-state index >= 15 is 0 Å². The predicted octanol–water partition coefficient (Wildman–Crippen LogP) is 6.74. The van der Waals surface area contributed by atoms with Crippen molar-refractivity contribution in [3.63, 3.8) is 0 Å². The molecule has 1 aromatic heterocycles. The van der Waals surface area contributed by atoms with Gasteiger partial charge in [-0.2, -0.15) is 0 Å². The zero-order valence-corrected chi connectivity index (χ0v) is 24.5. The molecule has 4 aliphatic rings. The number of hydrogen-bond acceptors (Lipinski definition) is 5. The molecular weight excluding hydrogens is 486 g/mol. The van der Waals surface area contributed by atoms with Crippen LogP contribution in [0.3, 0.4) is 0 Å². The van der Waals surface area contributed by atoms with Crippen LogP contribution in [0.1, 0.15) is 103 Å². The lowest BCUT2D eigenvalue weighted by atomic mass is 9.57. The quantitative estimate of drug-likeness (QED) is 0.321. The monoisotopic (exact) mass is 535 g/mol. The van der Waals surface area contributed by atoms with Gasteiger partial charge in [0.15, 0.2) is 0 Å². The van der Waals surface area contributed by atoms with Crippen LogP contribution in [-0.2, 0) is 11.8 Å². The topological polar surface area (TPSA) is 86.7 Å². The van der Waals surface area contributed by atoms with Crippen molar-refractivity contribution in [2.75, 3.05) is 0 Å². The summed E-state index contributed by atoms with van der Waals surface area (Å²) >= 11 is 0. The highest BCUT2D eigenvalue weighted by molar-refractivity contribution is 5.39. The van der Waals surface area contributed by atoms with Crippen molar-refractivity contribution >= 4 is 0 Å². The maximum Gasteiger partial charge on any atom is 0.203 e. The molecule has 214 valence electrons. The molecule has 0 spiro atoms. The molecule has 0 aromatic carbocycles. The summed E-state index contributed by atoms with van der Waals surface area (Å²) in [6.07, 6.45) is 19.3. The van der Waals surface area contributed by atoms with Crippen molar-refractivity contribution in [2.24, 2.45) is 22.7 Å². The van der Waals surface area contributed by atoms with E-state index in [1.807, 2.05) is 6.08 Å². The van der Waals surface area contributed by atoms with Gasteiger partial charge in [-0.25, -0.2) is 4.98 Å². The Hall–Kier alpha value is -1.95. The van der Waals surface area contributed by atoms with E-state index in [1.165, 1.54) is 31.3 Å². The fourth-order valence-corrected chi connectivity index (χ4v) is 8.24. The van der Waals surface area contributed by atoms with E-state index < -0.39 is 18.3 Å². The molecule has 4 fully saturated rings. The maximum atomic E-state index is 11.3. The molecule has 1 heterocycles. The molecule has 0 amide bonds. The summed E-state index contributed by atoms with van der Waals surface area (Å²) in [6.45, 7) is 13.4. The second kappa shape index (κ2) is 10.8. The minimum atomic E-state index is -0.648. The fourth-order valence-electron chi connectivity index (χ4n) is 8.24. The van der Waals surface area contributed by atoms with Gasteiger partial charge in [0, 0.05) is 6.42 Å². The number of rotatable bonds is 8. The van der Waals surface area contributed by atoms with Crippen LogP contribution in [0.15, 0.2) is 58.3 Å². The summed E-state index contributed by atoms with van der Waals surface area (Å²) in [5.74, 6) is 1.76. The molecule has 6 atom stereocenters. The molecule has 1 aromatic rings. The number of aromatic nitrogens is 1. The minimum absolute atomic E-state index is 0.0443. The first-order valence-electron chi connectivity index (χ1n) is 15.3. The SMILES string of the molecule is C=C1C(=CC=C2CCC[C@]3(C)[C@@H](C(C)(C)C=C[C@H](O)C4(c5nc(CCC)co5)CC4)CC[C@@H]23)C[C@@H](O)C[C@@H]1O. The van der Waals surface area contributed by atoms with Crippen molar-refractivity contribution < 1.29 is 19.7 Å². The van der Waals surface area contributed by atoms with Crippen LogP contribution < -0.4 is 0 Å². The van der Waals surface area contributed by atoms with Crippen LogP contribution in [0.5, 0.6) is 0 Å². The van der Waals surface area contributed by atoms with E-state index in [9.17, 15) is 15.3 Å². The third-order valence-electron chi connectivity index (χ3n) is 10.7. The lowest BCUT2D eigenvalue weighted by Gasteiger charge is -2.47. The standard InChI is InChI=1S/C34H49NO4/c1-6-8-25-21-39-31(35-25)34(17-18-34)30(38)14-16-32(3,4)29-13-12-27-23(9-7-15-33(27,29)5)10-11-24-19-26(36)20-28(37)22(24)2/h10-11,14,16,21,26-30,36-38H,2,6-9,12-13,15,17-20H2,1,3-5H3/t26-,27+,28+,29-,30+,33+/m1/s1. The van der Waals surface area contributed by atoms with Crippen molar-refractivity contribution in [3.05, 3.63) is 65.5 Å². The average Bonchev–Trinajstić information content (AvgIpc) is 3.41. The van der Waals surface area contributed by atoms with Crippen LogP contribution in [0.4, 0.5) is 0 Å². The molecule has 5 nitrogen and oxygen atoms in total. The van der Waals surface area contributed by atoms with E-state index in [-0.39, 0.29) is 16.2 Å². The summed E-state index contributed by atoms with van der Waals surface area (Å²) in [4.78, 5) is 4.71. The first-order valence-corrected chi connectivity index (χ1v) is 15.3. The highest BCUT2D eigenvalue weighted by Gasteiger charge is 2.55. The summed E-state index contributed by atoms with van der Waals surface area (Å²) in [5, 5.41) is 31.7. The summed E-state index contributed by atoms with van der Waals surface area (Å²) in [6, 6.07) is 0. The Morgan fingerprint density at radius 2 is 1.97 bits per heavy atom. The molecule has 5 heteroatoms. The third kappa shape index (κ3) is 5.39. The van der Waals surface area contributed by atoms with E-state index in [4.69, 9.17) is 9.40 Å². The van der Waals surface area contributed by atoms with Gasteiger partial charge >= 0.3 is 0 Å². The van der Waals surface area contributed by atoms with E-state index in [2.05, 4.69) is 52.5 Å². The number of hydrogen-bond donors (Lipinski definition) is 3. The van der Waals surface area contributed by atoms with Crippen LogP contribution in [-0.4, -0.2) is 38.6 Å². The molecule has 4 aliphatic carbocycles. The molecule has 0 radical (unpaired) electrons.